The van der Waals surface area contributed by atoms with Gasteiger partial charge in [-0.3, -0.25) is 4.98 Å². The molecule has 33 heavy (non-hydrogen) atoms. The highest BCUT2D eigenvalue weighted by Crippen LogP contribution is 2.37. The summed E-state index contributed by atoms with van der Waals surface area (Å²) in [5.74, 6) is -4.84. The van der Waals surface area contributed by atoms with Crippen molar-refractivity contribution in [3.8, 4) is 11.3 Å². The van der Waals surface area contributed by atoms with Crippen LogP contribution in [0.1, 0.15) is 18.5 Å². The summed E-state index contributed by atoms with van der Waals surface area (Å²) in [5, 5.41) is 7.54. The van der Waals surface area contributed by atoms with Crippen molar-refractivity contribution in [1.82, 2.24) is 9.97 Å². The Morgan fingerprint density at radius 2 is 2.15 bits per heavy atom. The van der Waals surface area contributed by atoms with Crippen LogP contribution in [0.3, 0.4) is 0 Å². The Balaban J connectivity index is 0.00000149. The molecule has 4 rings (SSSR count). The number of piperidine rings is 1. The quantitative estimate of drug-likeness (QED) is 0.419. The van der Waals surface area contributed by atoms with E-state index in [0.29, 0.717) is 48.1 Å². The number of ether oxygens (including phenoxy) is 1. The summed E-state index contributed by atoms with van der Waals surface area (Å²) in [6.07, 6.45) is 4.53. The normalized spacial score (nSPS) is 17.5. The predicted octanol–water partition coefficient (Wildman–Crippen LogP) is 3.88. The van der Waals surface area contributed by atoms with Gasteiger partial charge in [0.05, 0.1) is 24.4 Å². The molecule has 1 saturated heterocycles. The van der Waals surface area contributed by atoms with Crippen molar-refractivity contribution in [1.29, 1.82) is 0 Å². The van der Waals surface area contributed by atoms with Crippen LogP contribution in [-0.4, -0.2) is 61.2 Å². The van der Waals surface area contributed by atoms with E-state index in [1.54, 1.807) is 25.4 Å². The van der Waals surface area contributed by atoms with Crippen LogP contribution in [0.25, 0.3) is 22.2 Å². The molecule has 1 aliphatic heterocycles. The van der Waals surface area contributed by atoms with E-state index in [-0.39, 0.29) is 24.4 Å². The molecule has 0 aliphatic carbocycles. The zero-order valence-electron chi connectivity index (χ0n) is 18.4. The minimum Gasteiger partial charge on any atom is -0.461 e. The largest absolute Gasteiger partial charge is 0.461 e. The van der Waals surface area contributed by atoms with E-state index >= 15 is 0 Å². The van der Waals surface area contributed by atoms with Crippen molar-refractivity contribution >= 4 is 23.1 Å². The molecule has 3 aromatic rings. The van der Waals surface area contributed by atoms with E-state index in [0.717, 1.165) is 7.11 Å². The van der Waals surface area contributed by atoms with Crippen molar-refractivity contribution in [3.05, 3.63) is 42.2 Å². The number of fused-ring (bicyclic) bond motifs is 1. The molecular weight excluding hydrogens is 439 g/mol. The average molecular weight is 465 g/mol. The number of aromatic nitrogens is 2. The van der Waals surface area contributed by atoms with Gasteiger partial charge in [0.25, 0.3) is 5.92 Å². The summed E-state index contributed by atoms with van der Waals surface area (Å²) in [5.41, 5.74) is 1.46. The van der Waals surface area contributed by atoms with E-state index in [1.807, 2.05) is 0 Å². The maximum Gasteiger partial charge on any atom is 0.274 e. The molecular formula is C23H26F3N3O4. The molecule has 1 N–H and O–H groups in total. The van der Waals surface area contributed by atoms with Gasteiger partial charge in [-0.25, -0.2) is 18.2 Å². The van der Waals surface area contributed by atoms with Gasteiger partial charge in [0.1, 0.15) is 12.0 Å². The maximum absolute atomic E-state index is 14.5. The Labute approximate surface area is 189 Å². The summed E-state index contributed by atoms with van der Waals surface area (Å²) in [6, 6.07) is 4.58. The van der Waals surface area contributed by atoms with Gasteiger partial charge in [-0.2, -0.15) is 0 Å². The summed E-state index contributed by atoms with van der Waals surface area (Å²) in [6.45, 7) is 0.0959. The molecule has 10 heteroatoms. The van der Waals surface area contributed by atoms with Gasteiger partial charge in [0, 0.05) is 44.5 Å². The van der Waals surface area contributed by atoms with Crippen molar-refractivity contribution < 1.29 is 32.2 Å². The Kier molecular flexibility index (Phi) is 8.04. The summed E-state index contributed by atoms with van der Waals surface area (Å²) in [7, 11) is 2.60. The Bertz CT molecular complexity index is 1090. The first kappa shape index (κ1) is 24.7. The third-order valence-corrected chi connectivity index (χ3v) is 5.48. The van der Waals surface area contributed by atoms with Crippen molar-refractivity contribution in [2.24, 2.45) is 5.92 Å². The number of furan rings is 1. The van der Waals surface area contributed by atoms with Crippen molar-refractivity contribution in [2.45, 2.75) is 25.2 Å². The smallest absolute Gasteiger partial charge is 0.274 e. The molecule has 1 atom stereocenters. The molecule has 0 spiro atoms. The minimum atomic E-state index is -3.19. The lowest BCUT2D eigenvalue weighted by Gasteiger charge is -2.37. The number of aryl methyl sites for hydroxylation is 1. The first-order valence-corrected chi connectivity index (χ1v) is 10.5. The number of alkyl halides is 2. The standard InChI is InChI=1S/C22H22F3N3O3.CH4O/c1-30-7-2-3-17-11-26-19(15-9-14-5-8-31-20(14)18(23)10-15)21(27-17)28-6-4-16(12-29)22(24,25)13-28;1-2/h5,8-12,16H,2-4,6-7,13H2,1H3;2H,1H3. The number of methoxy groups -OCH3 is 1. The molecule has 1 aliphatic rings. The zero-order chi connectivity index (χ0) is 24.0. The van der Waals surface area contributed by atoms with Crippen LogP contribution < -0.4 is 4.90 Å². The molecule has 0 saturated carbocycles. The number of anilines is 1. The molecule has 1 fully saturated rings. The number of aliphatic hydroxyl groups excluding tert-OH is 1. The molecule has 3 heterocycles. The number of nitrogens with zero attached hydrogens (tertiary/aromatic N) is 3. The molecule has 2 aromatic heterocycles. The van der Waals surface area contributed by atoms with Crippen molar-refractivity contribution in [2.75, 3.05) is 38.8 Å². The van der Waals surface area contributed by atoms with Crippen LogP contribution in [-0.2, 0) is 16.0 Å². The number of aldehydes is 1. The fourth-order valence-corrected chi connectivity index (χ4v) is 3.84. The van der Waals surface area contributed by atoms with Crippen LogP contribution in [0.2, 0.25) is 0 Å². The molecule has 1 aromatic carbocycles. The number of halogens is 3. The average Bonchev–Trinajstić information content (AvgIpc) is 3.29. The van der Waals surface area contributed by atoms with Gasteiger partial charge in [-0.05, 0) is 37.5 Å². The Hall–Kier alpha value is -2.98. The lowest BCUT2D eigenvalue weighted by Crippen LogP contribution is -2.49. The monoisotopic (exact) mass is 465 g/mol. The second-order valence-electron chi connectivity index (χ2n) is 7.64. The molecule has 7 nitrogen and oxygen atoms in total. The molecule has 1 unspecified atom stereocenters. The van der Waals surface area contributed by atoms with E-state index in [1.165, 1.54) is 17.2 Å². The van der Waals surface area contributed by atoms with Gasteiger partial charge in [0.15, 0.2) is 17.2 Å². The molecule has 178 valence electrons. The van der Waals surface area contributed by atoms with Gasteiger partial charge < -0.3 is 24.0 Å². The number of carbonyl (C=O) groups excluding carboxylic acids is 1. The summed E-state index contributed by atoms with van der Waals surface area (Å²) < 4.78 is 53.7. The summed E-state index contributed by atoms with van der Waals surface area (Å²) in [4.78, 5) is 21.5. The highest BCUT2D eigenvalue weighted by molar-refractivity contribution is 5.85. The first-order valence-electron chi connectivity index (χ1n) is 10.5. The van der Waals surface area contributed by atoms with Gasteiger partial charge in [-0.1, -0.05) is 0 Å². The Morgan fingerprint density at radius 1 is 1.36 bits per heavy atom. The van der Waals surface area contributed by atoms with Gasteiger partial charge >= 0.3 is 0 Å². The van der Waals surface area contributed by atoms with Gasteiger partial charge in [0.2, 0.25) is 0 Å². The second-order valence-corrected chi connectivity index (χ2v) is 7.64. The fourth-order valence-electron chi connectivity index (χ4n) is 3.84. The molecule has 0 bridgehead atoms. The fraction of sp³-hybridized carbons (Fsp3) is 0.435. The lowest BCUT2D eigenvalue weighted by atomic mass is 9.94. The number of aliphatic hydroxyl groups is 1. The van der Waals surface area contributed by atoms with Crippen molar-refractivity contribution in [3.63, 3.8) is 0 Å². The topological polar surface area (TPSA) is 88.7 Å². The molecule has 0 radical (unpaired) electrons. The van der Waals surface area contributed by atoms with E-state index in [9.17, 15) is 18.0 Å². The van der Waals surface area contributed by atoms with E-state index in [2.05, 4.69) is 9.97 Å². The lowest BCUT2D eigenvalue weighted by molar-refractivity contribution is -0.126. The number of hydrogen-bond donors (Lipinski definition) is 1. The Morgan fingerprint density at radius 3 is 2.85 bits per heavy atom. The maximum atomic E-state index is 14.5. The predicted molar refractivity (Wildman–Crippen MR) is 117 cm³/mol. The highest BCUT2D eigenvalue weighted by atomic mass is 19.3. The van der Waals surface area contributed by atoms with Gasteiger partial charge in [-0.15, -0.1) is 0 Å². The van der Waals surface area contributed by atoms with E-state index < -0.39 is 24.2 Å². The van der Waals surface area contributed by atoms with Crippen LogP contribution >= 0.6 is 0 Å². The van der Waals surface area contributed by atoms with Crippen LogP contribution in [0, 0.1) is 11.7 Å². The van der Waals surface area contributed by atoms with Crippen LogP contribution in [0.5, 0.6) is 0 Å². The second kappa shape index (κ2) is 10.8. The molecule has 0 amide bonds. The third kappa shape index (κ3) is 5.33. The number of carbonyl (C=O) groups is 1. The number of hydrogen-bond acceptors (Lipinski definition) is 7. The van der Waals surface area contributed by atoms with E-state index in [4.69, 9.17) is 14.3 Å². The number of rotatable bonds is 7. The van der Waals surface area contributed by atoms with Crippen LogP contribution in [0.15, 0.2) is 35.1 Å². The summed E-state index contributed by atoms with van der Waals surface area (Å²) >= 11 is 0. The highest BCUT2D eigenvalue weighted by Gasteiger charge is 2.45. The first-order chi connectivity index (χ1) is 15.9. The third-order valence-electron chi connectivity index (χ3n) is 5.48. The minimum absolute atomic E-state index is 0.000644. The SMILES string of the molecule is CO.COCCCc1cnc(-c2cc(F)c3occc3c2)c(N2CCC(C=O)C(F)(F)C2)n1. The number of benzene rings is 1. The zero-order valence-corrected chi connectivity index (χ0v) is 18.4. The van der Waals surface area contributed by atoms with Crippen LogP contribution in [0.4, 0.5) is 19.0 Å².